The molecule has 0 bridgehead atoms. The first-order chi connectivity index (χ1) is 16.6. The van der Waals surface area contributed by atoms with Gasteiger partial charge in [-0.2, -0.15) is 5.26 Å². The predicted octanol–water partition coefficient (Wildman–Crippen LogP) is 2.71. The first kappa shape index (κ1) is 23.4. The van der Waals surface area contributed by atoms with Gasteiger partial charge in [0, 0.05) is 44.3 Å². The van der Waals surface area contributed by atoms with Gasteiger partial charge >= 0.3 is 0 Å². The molecule has 1 atom stereocenters. The fourth-order valence-electron chi connectivity index (χ4n) is 3.92. The molecular weight excluding hydrogens is 431 g/mol. The third-order valence-corrected chi connectivity index (χ3v) is 5.69. The standard InChI is InChI=1S/C26H27FN6O/c27-20-6-3-4-18(14-20)10-11-31-25-23(26(34)32-17-21-16-29-12-13-30-21)8-9-24(33-25)22-7-2-1-5-19(22)15-28/h1-9,14,21,29-30H,10-13,16-17H2,(H,31,33)(H,32,34)/t21-/m1/s1. The second kappa shape index (κ2) is 11.4. The Morgan fingerprint density at radius 3 is 2.82 bits per heavy atom. The van der Waals surface area contributed by atoms with Crippen molar-refractivity contribution in [2.75, 3.05) is 38.0 Å². The Bertz CT molecular complexity index is 1190. The Labute approximate surface area is 198 Å². The Morgan fingerprint density at radius 2 is 2.03 bits per heavy atom. The number of nitrogens with one attached hydrogen (secondary N) is 4. The molecule has 8 heteroatoms. The van der Waals surface area contributed by atoms with E-state index in [1.54, 1.807) is 30.3 Å². The molecule has 0 spiro atoms. The van der Waals surface area contributed by atoms with Crippen molar-refractivity contribution in [2.45, 2.75) is 12.5 Å². The second-order valence-corrected chi connectivity index (χ2v) is 8.12. The number of halogens is 1. The van der Waals surface area contributed by atoms with Crippen LogP contribution in [0.4, 0.5) is 10.2 Å². The number of anilines is 1. The number of nitrogens with zero attached hydrogens (tertiary/aromatic N) is 2. The fraction of sp³-hybridized carbons (Fsp3) is 0.269. The molecule has 1 aliphatic heterocycles. The van der Waals surface area contributed by atoms with E-state index >= 15 is 0 Å². The summed E-state index contributed by atoms with van der Waals surface area (Å²) in [5.41, 5.74) is 3.07. The van der Waals surface area contributed by atoms with Gasteiger partial charge in [-0.25, -0.2) is 9.37 Å². The minimum atomic E-state index is -0.281. The van der Waals surface area contributed by atoms with Gasteiger partial charge in [-0.1, -0.05) is 30.3 Å². The number of hydrogen-bond acceptors (Lipinski definition) is 6. The van der Waals surface area contributed by atoms with Crippen LogP contribution in [-0.4, -0.2) is 49.7 Å². The van der Waals surface area contributed by atoms with Crippen LogP contribution in [0.15, 0.2) is 60.7 Å². The summed E-state index contributed by atoms with van der Waals surface area (Å²) in [4.78, 5) is 17.7. The van der Waals surface area contributed by atoms with E-state index in [-0.39, 0.29) is 17.8 Å². The number of amides is 1. The van der Waals surface area contributed by atoms with Gasteiger partial charge in [-0.15, -0.1) is 0 Å². The third-order valence-electron chi connectivity index (χ3n) is 5.69. The number of pyridine rings is 1. The number of aromatic nitrogens is 1. The Balaban J connectivity index is 1.54. The number of hydrogen-bond donors (Lipinski definition) is 4. The molecule has 34 heavy (non-hydrogen) atoms. The molecular formula is C26H27FN6O. The molecule has 0 unspecified atom stereocenters. The zero-order valence-corrected chi connectivity index (χ0v) is 18.8. The van der Waals surface area contributed by atoms with Crippen molar-refractivity contribution in [3.8, 4) is 17.3 Å². The first-order valence-electron chi connectivity index (χ1n) is 11.3. The van der Waals surface area contributed by atoms with E-state index in [9.17, 15) is 14.4 Å². The zero-order chi connectivity index (χ0) is 23.8. The predicted molar refractivity (Wildman–Crippen MR) is 130 cm³/mol. The van der Waals surface area contributed by atoms with Crippen LogP contribution < -0.4 is 21.3 Å². The molecule has 174 valence electrons. The molecule has 4 rings (SSSR count). The maximum atomic E-state index is 13.5. The van der Waals surface area contributed by atoms with Gasteiger partial charge in [0.05, 0.1) is 22.9 Å². The summed E-state index contributed by atoms with van der Waals surface area (Å²) in [6, 6.07) is 19.5. The second-order valence-electron chi connectivity index (χ2n) is 8.12. The van der Waals surface area contributed by atoms with Crippen molar-refractivity contribution in [1.29, 1.82) is 5.26 Å². The topological polar surface area (TPSA) is 102 Å². The molecule has 7 nitrogen and oxygen atoms in total. The van der Waals surface area contributed by atoms with Crippen molar-refractivity contribution in [3.63, 3.8) is 0 Å². The van der Waals surface area contributed by atoms with E-state index in [2.05, 4.69) is 27.3 Å². The summed E-state index contributed by atoms with van der Waals surface area (Å²) in [6.07, 6.45) is 0.567. The Hall–Kier alpha value is -3.80. The lowest BCUT2D eigenvalue weighted by Gasteiger charge is -2.24. The summed E-state index contributed by atoms with van der Waals surface area (Å²) in [6.45, 7) is 3.53. The minimum absolute atomic E-state index is 0.164. The van der Waals surface area contributed by atoms with E-state index < -0.39 is 0 Å². The SMILES string of the molecule is N#Cc1ccccc1-c1ccc(C(=O)NC[C@H]2CNCCN2)c(NCCc2cccc(F)c2)n1. The largest absolute Gasteiger partial charge is 0.369 e. The highest BCUT2D eigenvalue weighted by molar-refractivity contribution is 5.99. The molecule has 2 aromatic carbocycles. The van der Waals surface area contributed by atoms with Crippen LogP contribution in [0.1, 0.15) is 21.5 Å². The van der Waals surface area contributed by atoms with Gasteiger partial charge in [0.25, 0.3) is 5.91 Å². The molecule has 2 heterocycles. The van der Waals surface area contributed by atoms with Crippen molar-refractivity contribution < 1.29 is 9.18 Å². The van der Waals surface area contributed by atoms with Crippen molar-refractivity contribution in [1.82, 2.24) is 20.9 Å². The van der Waals surface area contributed by atoms with E-state index in [1.165, 1.54) is 12.1 Å². The van der Waals surface area contributed by atoms with Crippen LogP contribution in [0.5, 0.6) is 0 Å². The van der Waals surface area contributed by atoms with Crippen molar-refractivity contribution >= 4 is 11.7 Å². The summed E-state index contributed by atoms with van der Waals surface area (Å²) >= 11 is 0. The van der Waals surface area contributed by atoms with Crippen LogP contribution in [0.3, 0.4) is 0 Å². The summed E-state index contributed by atoms with van der Waals surface area (Å²) < 4.78 is 13.5. The highest BCUT2D eigenvalue weighted by Crippen LogP contribution is 2.25. The van der Waals surface area contributed by atoms with Gasteiger partial charge in [0.2, 0.25) is 0 Å². The lowest BCUT2D eigenvalue weighted by molar-refractivity contribution is 0.0949. The zero-order valence-electron chi connectivity index (χ0n) is 18.8. The van der Waals surface area contributed by atoms with Crippen molar-refractivity contribution in [3.05, 3.63) is 83.2 Å². The molecule has 1 amide bonds. The number of piperazine rings is 1. The molecule has 1 aromatic heterocycles. The van der Waals surface area contributed by atoms with Crippen LogP contribution in [0, 0.1) is 17.1 Å². The Kier molecular flexibility index (Phi) is 7.81. The molecule has 4 N–H and O–H groups in total. The third kappa shape index (κ3) is 5.95. The van der Waals surface area contributed by atoms with E-state index in [0.29, 0.717) is 47.7 Å². The number of carbonyl (C=O) groups excluding carboxylic acids is 1. The number of carbonyl (C=O) groups is 1. The Morgan fingerprint density at radius 1 is 1.15 bits per heavy atom. The average Bonchev–Trinajstić information content (AvgIpc) is 2.88. The minimum Gasteiger partial charge on any atom is -0.369 e. The van der Waals surface area contributed by atoms with Gasteiger partial charge in [0.15, 0.2) is 0 Å². The van der Waals surface area contributed by atoms with Crippen LogP contribution >= 0.6 is 0 Å². The molecule has 3 aromatic rings. The lowest BCUT2D eigenvalue weighted by Crippen LogP contribution is -2.53. The normalized spacial score (nSPS) is 15.4. The van der Waals surface area contributed by atoms with Crippen molar-refractivity contribution in [2.24, 2.45) is 0 Å². The molecule has 0 aliphatic carbocycles. The molecule has 0 saturated carbocycles. The summed E-state index contributed by atoms with van der Waals surface area (Å²) in [5, 5.41) is 22.4. The average molecular weight is 459 g/mol. The number of nitriles is 1. The highest BCUT2D eigenvalue weighted by Gasteiger charge is 2.18. The first-order valence-corrected chi connectivity index (χ1v) is 11.3. The molecule has 1 fully saturated rings. The lowest BCUT2D eigenvalue weighted by atomic mass is 10.0. The van der Waals surface area contributed by atoms with Crippen LogP contribution in [-0.2, 0) is 6.42 Å². The maximum Gasteiger partial charge on any atom is 0.255 e. The van der Waals surface area contributed by atoms with Gasteiger partial charge < -0.3 is 21.3 Å². The number of benzene rings is 2. The van der Waals surface area contributed by atoms with Gasteiger partial charge in [0.1, 0.15) is 11.6 Å². The van der Waals surface area contributed by atoms with Crippen LogP contribution in [0.2, 0.25) is 0 Å². The highest BCUT2D eigenvalue weighted by atomic mass is 19.1. The molecule has 1 saturated heterocycles. The summed E-state index contributed by atoms with van der Waals surface area (Å²) in [7, 11) is 0. The van der Waals surface area contributed by atoms with Gasteiger partial charge in [-0.05, 0) is 42.3 Å². The summed E-state index contributed by atoms with van der Waals surface area (Å²) in [5.74, 6) is -0.0845. The number of rotatable bonds is 8. The van der Waals surface area contributed by atoms with E-state index in [0.717, 1.165) is 25.2 Å². The maximum absolute atomic E-state index is 13.5. The fourth-order valence-corrected chi connectivity index (χ4v) is 3.92. The van der Waals surface area contributed by atoms with E-state index in [4.69, 9.17) is 4.98 Å². The monoisotopic (exact) mass is 458 g/mol. The smallest absolute Gasteiger partial charge is 0.255 e. The van der Waals surface area contributed by atoms with Crippen LogP contribution in [0.25, 0.3) is 11.3 Å². The molecule has 0 radical (unpaired) electrons. The van der Waals surface area contributed by atoms with Gasteiger partial charge in [-0.3, -0.25) is 4.79 Å². The van der Waals surface area contributed by atoms with E-state index in [1.807, 2.05) is 18.2 Å². The molecule has 1 aliphatic rings. The quantitative estimate of drug-likeness (QED) is 0.414.